The van der Waals surface area contributed by atoms with Gasteiger partial charge in [0.15, 0.2) is 0 Å². The van der Waals surface area contributed by atoms with Crippen LogP contribution in [0.2, 0.25) is 5.02 Å². The van der Waals surface area contributed by atoms with Crippen LogP contribution in [0.15, 0.2) is 17.1 Å². The molecule has 1 rings (SSSR count). The maximum Gasteiger partial charge on any atom is 0.207 e. The number of rotatable bonds is 3. The molecule has 1 unspecified atom stereocenters. The Bertz CT molecular complexity index is 537. The second kappa shape index (κ2) is 6.48. The summed E-state index contributed by atoms with van der Waals surface area (Å²) in [5, 5.41) is 8.34. The quantitative estimate of drug-likeness (QED) is 0.366. The standard InChI is InChI=1S/C13H14ClF2N3/c1-4-13(18-7-17)19(3)8(2)9-5-12(16)10(14)6-11(9)15/h5-6,8H,4H2,1-3H3. The van der Waals surface area contributed by atoms with Crippen molar-refractivity contribution in [1.29, 1.82) is 5.26 Å². The Morgan fingerprint density at radius 2 is 2.11 bits per heavy atom. The number of nitriles is 1. The van der Waals surface area contributed by atoms with Crippen LogP contribution in [0.3, 0.4) is 0 Å². The Labute approximate surface area is 116 Å². The minimum Gasteiger partial charge on any atom is -0.356 e. The molecule has 3 nitrogen and oxygen atoms in total. The lowest BCUT2D eigenvalue weighted by Crippen LogP contribution is -2.29. The summed E-state index contributed by atoms with van der Waals surface area (Å²) in [6.45, 7) is 3.53. The largest absolute Gasteiger partial charge is 0.356 e. The summed E-state index contributed by atoms with van der Waals surface area (Å²) < 4.78 is 27.2. The molecule has 0 aliphatic heterocycles. The lowest BCUT2D eigenvalue weighted by molar-refractivity contribution is 0.381. The van der Waals surface area contributed by atoms with Gasteiger partial charge in [0, 0.05) is 19.0 Å². The van der Waals surface area contributed by atoms with Gasteiger partial charge in [-0.25, -0.2) is 8.78 Å². The minimum absolute atomic E-state index is 0.170. The van der Waals surface area contributed by atoms with Crippen molar-refractivity contribution in [3.8, 4) is 6.19 Å². The van der Waals surface area contributed by atoms with Crippen molar-refractivity contribution in [2.24, 2.45) is 4.99 Å². The fourth-order valence-electron chi connectivity index (χ4n) is 1.76. The highest BCUT2D eigenvalue weighted by molar-refractivity contribution is 6.30. The van der Waals surface area contributed by atoms with Crippen molar-refractivity contribution in [3.63, 3.8) is 0 Å². The van der Waals surface area contributed by atoms with Gasteiger partial charge < -0.3 is 4.90 Å². The Hall–Kier alpha value is -1.67. The molecule has 0 amide bonds. The van der Waals surface area contributed by atoms with Gasteiger partial charge in [0.2, 0.25) is 6.19 Å². The molecule has 0 heterocycles. The zero-order valence-electron chi connectivity index (χ0n) is 10.9. The molecule has 0 aliphatic carbocycles. The monoisotopic (exact) mass is 285 g/mol. The van der Waals surface area contributed by atoms with Crippen molar-refractivity contribution >= 4 is 17.4 Å². The van der Waals surface area contributed by atoms with E-state index in [-0.39, 0.29) is 10.6 Å². The van der Waals surface area contributed by atoms with Gasteiger partial charge >= 0.3 is 0 Å². The van der Waals surface area contributed by atoms with Gasteiger partial charge in [0.25, 0.3) is 0 Å². The lowest BCUT2D eigenvalue weighted by Gasteiger charge is -2.27. The van der Waals surface area contributed by atoms with Gasteiger partial charge in [-0.1, -0.05) is 18.5 Å². The first-order valence-corrected chi connectivity index (χ1v) is 6.13. The molecule has 0 saturated heterocycles. The zero-order chi connectivity index (χ0) is 14.6. The predicted octanol–water partition coefficient (Wildman–Crippen LogP) is 3.90. The molecular formula is C13H14ClF2N3. The van der Waals surface area contributed by atoms with E-state index in [1.807, 2.05) is 6.92 Å². The molecule has 1 aromatic carbocycles. The third-order valence-electron chi connectivity index (χ3n) is 2.97. The summed E-state index contributed by atoms with van der Waals surface area (Å²) in [4.78, 5) is 5.30. The summed E-state index contributed by atoms with van der Waals surface area (Å²) >= 11 is 5.51. The van der Waals surface area contributed by atoms with E-state index >= 15 is 0 Å². The van der Waals surface area contributed by atoms with Crippen LogP contribution in [0.25, 0.3) is 0 Å². The van der Waals surface area contributed by atoms with E-state index in [2.05, 4.69) is 4.99 Å². The highest BCUT2D eigenvalue weighted by atomic mass is 35.5. The van der Waals surface area contributed by atoms with Gasteiger partial charge in [-0.3, -0.25) is 0 Å². The fraction of sp³-hybridized carbons (Fsp3) is 0.385. The summed E-state index contributed by atoms with van der Waals surface area (Å²) in [5.74, 6) is -0.753. The molecule has 0 radical (unpaired) electrons. The van der Waals surface area contributed by atoms with Crippen LogP contribution in [0.4, 0.5) is 8.78 Å². The third kappa shape index (κ3) is 3.42. The zero-order valence-corrected chi connectivity index (χ0v) is 11.7. The first kappa shape index (κ1) is 15.4. The van der Waals surface area contributed by atoms with Crippen LogP contribution in [0, 0.1) is 23.1 Å². The van der Waals surface area contributed by atoms with E-state index < -0.39 is 17.7 Å². The van der Waals surface area contributed by atoms with Crippen LogP contribution in [0.5, 0.6) is 0 Å². The van der Waals surface area contributed by atoms with E-state index in [1.54, 1.807) is 25.1 Å². The Morgan fingerprint density at radius 1 is 1.47 bits per heavy atom. The Morgan fingerprint density at radius 3 is 2.63 bits per heavy atom. The van der Waals surface area contributed by atoms with Crippen LogP contribution in [-0.2, 0) is 0 Å². The minimum atomic E-state index is -0.673. The maximum absolute atomic E-state index is 13.8. The molecule has 0 saturated carbocycles. The predicted molar refractivity (Wildman–Crippen MR) is 70.9 cm³/mol. The molecule has 0 N–H and O–H groups in total. The number of hydrogen-bond donors (Lipinski definition) is 0. The fourth-order valence-corrected chi connectivity index (χ4v) is 1.91. The number of nitrogens with zero attached hydrogens (tertiary/aromatic N) is 3. The van der Waals surface area contributed by atoms with Crippen LogP contribution >= 0.6 is 11.6 Å². The van der Waals surface area contributed by atoms with Crippen molar-refractivity contribution in [2.75, 3.05) is 7.05 Å². The Balaban J connectivity index is 3.13. The molecular weight excluding hydrogens is 272 g/mol. The van der Waals surface area contributed by atoms with Gasteiger partial charge in [0.05, 0.1) is 11.1 Å². The molecule has 0 bridgehead atoms. The molecule has 1 atom stereocenters. The van der Waals surface area contributed by atoms with Crippen LogP contribution in [-0.4, -0.2) is 17.8 Å². The summed E-state index contributed by atoms with van der Waals surface area (Å²) in [6.07, 6.45) is 2.22. The summed E-state index contributed by atoms with van der Waals surface area (Å²) in [6, 6.07) is 1.56. The first-order chi connectivity index (χ1) is 8.92. The molecule has 0 spiro atoms. The molecule has 6 heteroatoms. The van der Waals surface area contributed by atoms with E-state index in [0.717, 1.165) is 12.1 Å². The van der Waals surface area contributed by atoms with E-state index in [4.69, 9.17) is 16.9 Å². The average molecular weight is 286 g/mol. The lowest BCUT2D eigenvalue weighted by atomic mass is 10.1. The molecule has 0 aromatic heterocycles. The second-order valence-corrected chi connectivity index (χ2v) is 4.46. The van der Waals surface area contributed by atoms with Gasteiger partial charge in [0.1, 0.15) is 17.5 Å². The van der Waals surface area contributed by atoms with Crippen LogP contribution in [0.1, 0.15) is 31.9 Å². The number of hydrogen-bond acceptors (Lipinski definition) is 2. The van der Waals surface area contributed by atoms with Gasteiger partial charge in [-0.2, -0.15) is 10.3 Å². The van der Waals surface area contributed by atoms with Crippen molar-refractivity contribution in [1.82, 2.24) is 4.90 Å². The maximum atomic E-state index is 13.8. The second-order valence-electron chi connectivity index (χ2n) is 4.06. The summed E-state index contributed by atoms with van der Waals surface area (Å²) in [5.41, 5.74) is 0.170. The third-order valence-corrected chi connectivity index (χ3v) is 3.26. The topological polar surface area (TPSA) is 39.4 Å². The van der Waals surface area contributed by atoms with Crippen molar-refractivity contribution < 1.29 is 8.78 Å². The SMILES string of the molecule is CCC(=NC#N)N(C)C(C)c1cc(F)c(Cl)cc1F. The molecule has 0 fully saturated rings. The number of benzene rings is 1. The van der Waals surface area contributed by atoms with Crippen molar-refractivity contribution in [3.05, 3.63) is 34.4 Å². The highest BCUT2D eigenvalue weighted by Crippen LogP contribution is 2.27. The van der Waals surface area contributed by atoms with Crippen molar-refractivity contribution in [2.45, 2.75) is 26.3 Å². The average Bonchev–Trinajstić information content (AvgIpc) is 2.38. The molecule has 0 aliphatic rings. The van der Waals surface area contributed by atoms with Gasteiger partial charge in [-0.15, -0.1) is 0 Å². The smallest absolute Gasteiger partial charge is 0.207 e. The molecule has 1 aromatic rings. The normalized spacial score (nSPS) is 13.0. The molecule has 19 heavy (non-hydrogen) atoms. The van der Waals surface area contributed by atoms with E-state index in [9.17, 15) is 8.78 Å². The highest BCUT2D eigenvalue weighted by Gasteiger charge is 2.20. The number of amidine groups is 1. The van der Waals surface area contributed by atoms with Crippen LogP contribution < -0.4 is 0 Å². The molecule has 102 valence electrons. The van der Waals surface area contributed by atoms with E-state index in [1.165, 1.54) is 0 Å². The summed E-state index contributed by atoms with van der Waals surface area (Å²) in [7, 11) is 1.68. The number of halogens is 3. The number of aliphatic imine (C=N–C) groups is 1. The first-order valence-electron chi connectivity index (χ1n) is 5.75. The van der Waals surface area contributed by atoms with Gasteiger partial charge in [-0.05, 0) is 19.1 Å². The Kier molecular flexibility index (Phi) is 5.25. The van der Waals surface area contributed by atoms with E-state index in [0.29, 0.717) is 12.3 Å².